The van der Waals surface area contributed by atoms with Gasteiger partial charge in [0.15, 0.2) is 0 Å². The summed E-state index contributed by atoms with van der Waals surface area (Å²) in [5.74, 6) is -0.353. The molecule has 170 valence electrons. The quantitative estimate of drug-likeness (QED) is 0.172. The Morgan fingerprint density at radius 2 is 1.79 bits per heavy atom. The summed E-state index contributed by atoms with van der Waals surface area (Å²) >= 11 is 13.8. The highest BCUT2D eigenvalue weighted by molar-refractivity contribution is 7.23. The van der Waals surface area contributed by atoms with Crippen molar-refractivity contribution in [2.45, 2.75) is 13.5 Å². The van der Waals surface area contributed by atoms with Crippen LogP contribution < -0.4 is 0 Å². The molecule has 7 heteroatoms. The van der Waals surface area contributed by atoms with Gasteiger partial charge in [0, 0.05) is 45.5 Å². The van der Waals surface area contributed by atoms with Crippen LogP contribution in [0.25, 0.3) is 21.0 Å². The fourth-order valence-corrected chi connectivity index (χ4v) is 5.35. The molecule has 0 saturated carbocycles. The zero-order valence-corrected chi connectivity index (χ0v) is 20.6. The SMILES string of the molecule is CCOC(=O)c1c(N=Cc2cn(Cc3ccc(Cl)c(Cl)c3)c3ccccc23)sc2ccccc12. The molecule has 0 aliphatic heterocycles. The Kier molecular flexibility index (Phi) is 6.42. The number of esters is 1. The van der Waals surface area contributed by atoms with Crippen molar-refractivity contribution in [2.75, 3.05) is 6.61 Å². The standard InChI is InChI=1S/C27H20Cl2N2O2S/c1-2-33-27(32)25-20-8-4-6-10-24(20)34-26(25)30-14-18-16-31(23-9-5-3-7-19(18)23)15-17-11-12-21(28)22(29)13-17/h3-14,16H,2,15H2,1H3. The number of fused-ring (bicyclic) bond motifs is 2. The number of hydrogen-bond acceptors (Lipinski definition) is 4. The highest BCUT2D eigenvalue weighted by atomic mass is 35.5. The van der Waals surface area contributed by atoms with E-state index >= 15 is 0 Å². The van der Waals surface area contributed by atoms with Crippen molar-refractivity contribution in [1.82, 2.24) is 4.57 Å². The number of thiophene rings is 1. The molecule has 0 aliphatic carbocycles. The van der Waals surface area contributed by atoms with Gasteiger partial charge in [0.2, 0.25) is 0 Å². The molecule has 0 N–H and O–H groups in total. The second-order valence-corrected chi connectivity index (χ2v) is 9.58. The van der Waals surface area contributed by atoms with Crippen LogP contribution in [0.1, 0.15) is 28.4 Å². The van der Waals surface area contributed by atoms with Gasteiger partial charge < -0.3 is 9.30 Å². The maximum absolute atomic E-state index is 12.7. The molecular formula is C27H20Cl2N2O2S. The molecule has 2 heterocycles. The molecule has 0 bridgehead atoms. The van der Waals surface area contributed by atoms with Gasteiger partial charge in [-0.2, -0.15) is 0 Å². The van der Waals surface area contributed by atoms with E-state index in [1.54, 1.807) is 6.92 Å². The molecule has 0 amide bonds. The summed E-state index contributed by atoms with van der Waals surface area (Å²) in [5, 5.41) is 3.65. The van der Waals surface area contributed by atoms with E-state index in [4.69, 9.17) is 32.9 Å². The van der Waals surface area contributed by atoms with E-state index in [0.29, 0.717) is 33.8 Å². The number of para-hydroxylation sites is 1. The fourth-order valence-electron chi connectivity index (χ4n) is 4.00. The Morgan fingerprint density at radius 1 is 1.03 bits per heavy atom. The summed E-state index contributed by atoms with van der Waals surface area (Å²) in [7, 11) is 0. The molecule has 0 unspecified atom stereocenters. The number of carbonyl (C=O) groups is 1. The lowest BCUT2D eigenvalue weighted by Crippen LogP contribution is -2.03. The molecule has 34 heavy (non-hydrogen) atoms. The van der Waals surface area contributed by atoms with Crippen LogP contribution >= 0.6 is 34.5 Å². The van der Waals surface area contributed by atoms with E-state index < -0.39 is 0 Å². The maximum Gasteiger partial charge on any atom is 0.341 e. The van der Waals surface area contributed by atoms with E-state index in [2.05, 4.69) is 22.9 Å². The Labute approximate surface area is 211 Å². The topological polar surface area (TPSA) is 43.6 Å². The Balaban J connectivity index is 1.55. The van der Waals surface area contributed by atoms with Crippen LogP contribution in [0.2, 0.25) is 10.0 Å². The molecular weight excluding hydrogens is 487 g/mol. The minimum Gasteiger partial charge on any atom is -0.462 e. The summed E-state index contributed by atoms with van der Waals surface area (Å²) in [5.41, 5.74) is 3.60. The van der Waals surface area contributed by atoms with Gasteiger partial charge in [-0.15, -0.1) is 11.3 Å². The van der Waals surface area contributed by atoms with Crippen LogP contribution in [-0.4, -0.2) is 23.4 Å². The third kappa shape index (κ3) is 4.34. The zero-order chi connectivity index (χ0) is 23.7. The highest BCUT2D eigenvalue weighted by Gasteiger charge is 2.19. The number of rotatable bonds is 6. The summed E-state index contributed by atoms with van der Waals surface area (Å²) in [6.07, 6.45) is 3.88. The van der Waals surface area contributed by atoms with Crippen LogP contribution in [0.15, 0.2) is 77.9 Å². The van der Waals surface area contributed by atoms with Gasteiger partial charge in [-0.3, -0.25) is 0 Å². The molecule has 0 radical (unpaired) electrons. The van der Waals surface area contributed by atoms with E-state index in [1.165, 1.54) is 11.3 Å². The van der Waals surface area contributed by atoms with Gasteiger partial charge in [0.1, 0.15) is 10.6 Å². The lowest BCUT2D eigenvalue weighted by Gasteiger charge is -2.06. The molecule has 0 saturated heterocycles. The second-order valence-electron chi connectivity index (χ2n) is 7.73. The average Bonchev–Trinajstić information content (AvgIpc) is 3.38. The molecule has 0 fully saturated rings. The third-order valence-electron chi connectivity index (χ3n) is 5.53. The van der Waals surface area contributed by atoms with Gasteiger partial charge in [0.05, 0.1) is 16.7 Å². The molecule has 4 nitrogen and oxygen atoms in total. The van der Waals surface area contributed by atoms with Crippen LogP contribution in [-0.2, 0) is 11.3 Å². The first-order valence-corrected chi connectivity index (χ1v) is 12.4. The first kappa shape index (κ1) is 22.7. The molecule has 0 spiro atoms. The first-order valence-electron chi connectivity index (χ1n) is 10.8. The van der Waals surface area contributed by atoms with Gasteiger partial charge in [0.25, 0.3) is 0 Å². The predicted molar refractivity (Wildman–Crippen MR) is 143 cm³/mol. The van der Waals surface area contributed by atoms with Crippen molar-refractivity contribution in [3.05, 3.63) is 99.7 Å². The zero-order valence-electron chi connectivity index (χ0n) is 18.3. The number of hydrogen-bond donors (Lipinski definition) is 0. The number of carbonyl (C=O) groups excluding carboxylic acids is 1. The van der Waals surface area contributed by atoms with Crippen LogP contribution in [0.3, 0.4) is 0 Å². The molecule has 5 aromatic rings. The minimum atomic E-state index is -0.353. The monoisotopic (exact) mass is 506 g/mol. The molecule has 2 aromatic heterocycles. The molecule has 0 aliphatic rings. The van der Waals surface area contributed by atoms with Crippen molar-refractivity contribution in [1.29, 1.82) is 0 Å². The lowest BCUT2D eigenvalue weighted by molar-refractivity contribution is 0.0530. The second kappa shape index (κ2) is 9.63. The fraction of sp³-hybridized carbons (Fsp3) is 0.111. The summed E-state index contributed by atoms with van der Waals surface area (Å²) < 4.78 is 8.48. The van der Waals surface area contributed by atoms with Crippen molar-refractivity contribution in [3.8, 4) is 0 Å². The van der Waals surface area contributed by atoms with E-state index in [-0.39, 0.29) is 5.97 Å². The smallest absolute Gasteiger partial charge is 0.341 e. The molecule has 5 rings (SSSR count). The van der Waals surface area contributed by atoms with E-state index in [9.17, 15) is 4.79 Å². The highest BCUT2D eigenvalue weighted by Crippen LogP contribution is 2.38. The number of aliphatic imine (C=N–C) groups is 1. The van der Waals surface area contributed by atoms with Crippen molar-refractivity contribution in [3.63, 3.8) is 0 Å². The molecule has 0 atom stereocenters. The van der Waals surface area contributed by atoms with Crippen LogP contribution in [0.4, 0.5) is 5.00 Å². The van der Waals surface area contributed by atoms with Gasteiger partial charge in [-0.1, -0.05) is 65.7 Å². The number of halogens is 2. The average molecular weight is 507 g/mol. The maximum atomic E-state index is 12.7. The predicted octanol–water partition coefficient (Wildman–Crippen LogP) is 8.14. The number of benzene rings is 3. The normalized spacial score (nSPS) is 11.6. The first-order chi connectivity index (χ1) is 16.5. The van der Waals surface area contributed by atoms with Crippen LogP contribution in [0.5, 0.6) is 0 Å². The summed E-state index contributed by atoms with van der Waals surface area (Å²) in [6.45, 7) is 2.76. The van der Waals surface area contributed by atoms with Crippen LogP contribution in [0, 0.1) is 0 Å². The van der Waals surface area contributed by atoms with Gasteiger partial charge in [-0.25, -0.2) is 9.79 Å². The van der Waals surface area contributed by atoms with Crippen molar-refractivity contribution in [2.24, 2.45) is 4.99 Å². The van der Waals surface area contributed by atoms with Gasteiger partial charge >= 0.3 is 5.97 Å². The molecule has 3 aromatic carbocycles. The van der Waals surface area contributed by atoms with Crippen molar-refractivity contribution < 1.29 is 9.53 Å². The largest absolute Gasteiger partial charge is 0.462 e. The Morgan fingerprint density at radius 3 is 2.59 bits per heavy atom. The minimum absolute atomic E-state index is 0.314. The number of ether oxygens (including phenoxy) is 1. The third-order valence-corrected chi connectivity index (χ3v) is 7.35. The van der Waals surface area contributed by atoms with E-state index in [0.717, 1.165) is 32.1 Å². The van der Waals surface area contributed by atoms with Gasteiger partial charge in [-0.05, 0) is 36.8 Å². The Bertz CT molecular complexity index is 1550. The van der Waals surface area contributed by atoms with E-state index in [1.807, 2.05) is 60.8 Å². The van der Waals surface area contributed by atoms with Crippen molar-refractivity contribution >= 4 is 72.7 Å². The summed E-state index contributed by atoms with van der Waals surface area (Å²) in [4.78, 5) is 17.5. The number of nitrogens with zero attached hydrogens (tertiary/aromatic N) is 2. The Hall–Kier alpha value is -3.12. The lowest BCUT2D eigenvalue weighted by atomic mass is 10.1. The number of aromatic nitrogens is 1. The summed E-state index contributed by atoms with van der Waals surface area (Å²) in [6, 6.07) is 21.6.